The Morgan fingerprint density at radius 1 is 1.38 bits per heavy atom. The van der Waals surface area contributed by atoms with Crippen molar-refractivity contribution in [3.8, 4) is 11.5 Å². The Bertz CT molecular complexity index is 610. The summed E-state index contributed by atoms with van der Waals surface area (Å²) in [5, 5.41) is 9.78. The fourth-order valence-electron chi connectivity index (χ4n) is 2.60. The summed E-state index contributed by atoms with van der Waals surface area (Å²) in [7, 11) is 0. The number of amides is 1. The lowest BCUT2D eigenvalue weighted by Gasteiger charge is -2.32. The zero-order chi connectivity index (χ0) is 17.9. The first-order valence-electron chi connectivity index (χ1n) is 8.37. The van der Waals surface area contributed by atoms with Gasteiger partial charge in [0.25, 0.3) is 0 Å². The van der Waals surface area contributed by atoms with Crippen LogP contribution >= 0.6 is 0 Å². The largest absolute Gasteiger partial charge is 0.505 e. The monoisotopic (exact) mass is 339 g/mol. The van der Waals surface area contributed by atoms with E-state index in [-0.39, 0.29) is 6.54 Å². The summed E-state index contributed by atoms with van der Waals surface area (Å²) in [6.45, 7) is 8.50. The summed E-state index contributed by atoms with van der Waals surface area (Å²) in [6.07, 6.45) is 1.72. The van der Waals surface area contributed by atoms with Gasteiger partial charge >= 0.3 is 6.09 Å². The average Bonchev–Trinajstić information content (AvgIpc) is 2.50. The van der Waals surface area contributed by atoms with Crippen LogP contribution in [0.3, 0.4) is 0 Å². The molecule has 1 amide bonds. The molecule has 6 heteroatoms. The molecule has 1 aliphatic rings. The minimum absolute atomic E-state index is 0.211. The van der Waals surface area contributed by atoms with Gasteiger partial charge in [-0.3, -0.25) is 0 Å². The van der Waals surface area contributed by atoms with Crippen molar-refractivity contribution in [2.45, 2.75) is 59.1 Å². The number of carbonyl (C=O) groups is 1. The van der Waals surface area contributed by atoms with Gasteiger partial charge in [0.1, 0.15) is 11.4 Å². The Morgan fingerprint density at radius 2 is 2.08 bits per heavy atom. The van der Waals surface area contributed by atoms with Crippen molar-refractivity contribution in [1.82, 2.24) is 4.90 Å². The van der Waals surface area contributed by atoms with Crippen LogP contribution in [-0.4, -0.2) is 34.9 Å². The molecular formula is C18H26FNO4. The van der Waals surface area contributed by atoms with Crippen LogP contribution in [0.1, 0.15) is 51.7 Å². The van der Waals surface area contributed by atoms with Crippen LogP contribution in [0.15, 0.2) is 6.07 Å². The molecule has 1 N–H and O–H groups in total. The van der Waals surface area contributed by atoms with Crippen LogP contribution < -0.4 is 4.74 Å². The molecule has 1 aliphatic heterocycles. The van der Waals surface area contributed by atoms with E-state index < -0.39 is 23.3 Å². The van der Waals surface area contributed by atoms with Crippen LogP contribution in [0, 0.1) is 5.82 Å². The van der Waals surface area contributed by atoms with Gasteiger partial charge in [0.05, 0.1) is 13.2 Å². The van der Waals surface area contributed by atoms with Crippen molar-refractivity contribution in [3.05, 3.63) is 23.0 Å². The van der Waals surface area contributed by atoms with E-state index in [1.165, 1.54) is 11.0 Å². The molecule has 1 aromatic carbocycles. The molecule has 0 aliphatic carbocycles. The Balaban J connectivity index is 2.24. The standard InChI is InChI=1S/C18H26FNO4/c1-5-6-9-23-15-10-14(21)16(19)12-7-8-20(11-13(12)15)17(22)24-18(2,3)4/h10,21H,5-9,11H2,1-4H3. The highest BCUT2D eigenvalue weighted by molar-refractivity contribution is 5.69. The van der Waals surface area contributed by atoms with E-state index in [1.807, 2.05) is 6.92 Å². The van der Waals surface area contributed by atoms with Gasteiger partial charge in [-0.25, -0.2) is 9.18 Å². The van der Waals surface area contributed by atoms with E-state index in [9.17, 15) is 14.3 Å². The van der Waals surface area contributed by atoms with Crippen LogP contribution in [0.25, 0.3) is 0 Å². The quantitative estimate of drug-likeness (QED) is 0.842. The molecule has 0 atom stereocenters. The van der Waals surface area contributed by atoms with Crippen molar-refractivity contribution in [2.75, 3.05) is 13.2 Å². The van der Waals surface area contributed by atoms with Crippen molar-refractivity contribution in [2.24, 2.45) is 0 Å². The molecule has 0 spiro atoms. The van der Waals surface area contributed by atoms with Gasteiger partial charge < -0.3 is 19.5 Å². The predicted molar refractivity (Wildman–Crippen MR) is 88.8 cm³/mol. The fraction of sp³-hybridized carbons (Fsp3) is 0.611. The first kappa shape index (κ1) is 18.4. The maximum atomic E-state index is 14.2. The summed E-state index contributed by atoms with van der Waals surface area (Å²) >= 11 is 0. The third-order valence-corrected chi connectivity index (χ3v) is 3.81. The molecule has 0 bridgehead atoms. The number of phenolic OH excluding ortho intramolecular Hbond substituents is 1. The maximum absolute atomic E-state index is 14.2. The fourth-order valence-corrected chi connectivity index (χ4v) is 2.60. The minimum atomic E-state index is -0.628. The van der Waals surface area contributed by atoms with Crippen LogP contribution in [0.5, 0.6) is 11.5 Å². The normalized spacial score (nSPS) is 14.3. The third kappa shape index (κ3) is 4.30. The molecule has 0 fully saturated rings. The van der Waals surface area contributed by atoms with Gasteiger partial charge in [0, 0.05) is 23.7 Å². The number of halogens is 1. The summed E-state index contributed by atoms with van der Waals surface area (Å²) in [4.78, 5) is 13.8. The van der Waals surface area contributed by atoms with Gasteiger partial charge in [0.2, 0.25) is 0 Å². The second-order valence-corrected chi connectivity index (χ2v) is 7.02. The van der Waals surface area contributed by atoms with Crippen LogP contribution in [0.4, 0.5) is 9.18 Å². The lowest BCUT2D eigenvalue weighted by atomic mass is 9.97. The Hall–Kier alpha value is -1.98. The number of aromatic hydroxyl groups is 1. The first-order chi connectivity index (χ1) is 11.2. The molecule has 1 aromatic rings. The van der Waals surface area contributed by atoms with Crippen molar-refractivity contribution in [1.29, 1.82) is 0 Å². The topological polar surface area (TPSA) is 59.0 Å². The second-order valence-electron chi connectivity index (χ2n) is 7.02. The zero-order valence-corrected chi connectivity index (χ0v) is 14.8. The summed E-state index contributed by atoms with van der Waals surface area (Å²) < 4.78 is 25.3. The Labute approximate surface area is 142 Å². The molecule has 0 radical (unpaired) electrons. The molecule has 0 saturated heterocycles. The van der Waals surface area contributed by atoms with Gasteiger partial charge in [-0.2, -0.15) is 0 Å². The van der Waals surface area contributed by atoms with Crippen molar-refractivity contribution >= 4 is 6.09 Å². The zero-order valence-electron chi connectivity index (χ0n) is 14.8. The lowest BCUT2D eigenvalue weighted by Crippen LogP contribution is -2.40. The number of fused-ring (bicyclic) bond motifs is 1. The highest BCUT2D eigenvalue weighted by Crippen LogP contribution is 2.36. The predicted octanol–water partition coefficient (Wildman–Crippen LogP) is 4.00. The molecule has 0 saturated carbocycles. The molecule has 0 unspecified atom stereocenters. The van der Waals surface area contributed by atoms with Gasteiger partial charge in [-0.05, 0) is 33.6 Å². The molecule has 5 nitrogen and oxygen atoms in total. The first-order valence-corrected chi connectivity index (χ1v) is 8.37. The number of phenols is 1. The summed E-state index contributed by atoms with van der Waals surface area (Å²) in [5.74, 6) is -0.603. The van der Waals surface area contributed by atoms with E-state index >= 15 is 0 Å². The smallest absolute Gasteiger partial charge is 0.410 e. The molecule has 2 rings (SSSR count). The minimum Gasteiger partial charge on any atom is -0.505 e. The number of nitrogens with zero attached hydrogens (tertiary/aromatic N) is 1. The number of benzene rings is 1. The van der Waals surface area contributed by atoms with E-state index in [1.54, 1.807) is 20.8 Å². The third-order valence-electron chi connectivity index (χ3n) is 3.81. The Kier molecular flexibility index (Phi) is 5.57. The highest BCUT2D eigenvalue weighted by atomic mass is 19.1. The number of rotatable bonds is 4. The van der Waals surface area contributed by atoms with Crippen LogP contribution in [-0.2, 0) is 17.7 Å². The van der Waals surface area contributed by atoms with Gasteiger partial charge in [-0.15, -0.1) is 0 Å². The van der Waals surface area contributed by atoms with E-state index in [0.717, 1.165) is 12.8 Å². The van der Waals surface area contributed by atoms with E-state index in [0.29, 0.717) is 36.4 Å². The summed E-state index contributed by atoms with van der Waals surface area (Å²) in [6, 6.07) is 1.29. The average molecular weight is 339 g/mol. The van der Waals surface area contributed by atoms with Crippen LogP contribution in [0.2, 0.25) is 0 Å². The molecule has 24 heavy (non-hydrogen) atoms. The second kappa shape index (κ2) is 7.28. The maximum Gasteiger partial charge on any atom is 0.410 e. The Morgan fingerprint density at radius 3 is 2.71 bits per heavy atom. The number of hydrogen-bond acceptors (Lipinski definition) is 4. The summed E-state index contributed by atoms with van der Waals surface area (Å²) in [5.41, 5.74) is 0.442. The van der Waals surface area contributed by atoms with E-state index in [4.69, 9.17) is 9.47 Å². The highest BCUT2D eigenvalue weighted by Gasteiger charge is 2.30. The van der Waals surface area contributed by atoms with Gasteiger partial charge in [-0.1, -0.05) is 13.3 Å². The van der Waals surface area contributed by atoms with E-state index in [2.05, 4.69) is 0 Å². The molecule has 0 aromatic heterocycles. The molecule has 1 heterocycles. The number of hydrogen-bond donors (Lipinski definition) is 1. The lowest BCUT2D eigenvalue weighted by molar-refractivity contribution is 0.0221. The van der Waals surface area contributed by atoms with Gasteiger partial charge in [0.15, 0.2) is 11.6 Å². The van der Waals surface area contributed by atoms with Crippen molar-refractivity contribution in [3.63, 3.8) is 0 Å². The van der Waals surface area contributed by atoms with Crippen molar-refractivity contribution < 1.29 is 23.8 Å². The molecule has 134 valence electrons. The number of ether oxygens (including phenoxy) is 2. The number of unbranched alkanes of at least 4 members (excludes halogenated alkanes) is 1. The molecular weight excluding hydrogens is 313 g/mol. The number of carbonyl (C=O) groups excluding carboxylic acids is 1. The SMILES string of the molecule is CCCCOc1cc(O)c(F)c2c1CN(C(=O)OC(C)(C)C)CC2.